The number of thiocarbonyl (C=S) groups is 2. The van der Waals surface area contributed by atoms with Gasteiger partial charge in [0.2, 0.25) is 0 Å². The van der Waals surface area contributed by atoms with Gasteiger partial charge in [-0.05, 0) is 30.7 Å². The Morgan fingerprint density at radius 2 is 1.19 bits per heavy atom. The van der Waals surface area contributed by atoms with E-state index >= 15 is 0 Å². The second-order valence-electron chi connectivity index (χ2n) is 4.67. The summed E-state index contributed by atoms with van der Waals surface area (Å²) in [6.07, 6.45) is 0.858. The summed E-state index contributed by atoms with van der Waals surface area (Å²) < 4.78 is 0. The normalized spacial score (nSPS) is 10.2. The van der Waals surface area contributed by atoms with Crippen LogP contribution in [-0.4, -0.2) is 9.98 Å². The van der Waals surface area contributed by atoms with E-state index in [1.165, 1.54) is 0 Å². The van der Waals surface area contributed by atoms with Crippen LogP contribution in [-0.2, 0) is 0 Å². The maximum atomic E-state index is 5.51. The number of para-hydroxylation sites is 2. The van der Waals surface area contributed by atoms with Crippen LogP contribution in [0.4, 0.5) is 11.4 Å². The molecule has 108 valence electrons. The molecule has 0 radical (unpaired) electrons. The standard InChI is InChI=1S/C17H18N2S2/c1-2-15(16(20)18-13-9-5-3-6-10-13)17(21)19-14-11-7-4-8-12-14/h3-12,15H,2H2,1H3,(H,18,20)(H,19,21). The van der Waals surface area contributed by atoms with Crippen LogP contribution in [0.2, 0.25) is 0 Å². The number of benzene rings is 2. The molecule has 0 aliphatic carbocycles. The molecule has 0 bridgehead atoms. The quantitative estimate of drug-likeness (QED) is 0.767. The van der Waals surface area contributed by atoms with Gasteiger partial charge in [-0.1, -0.05) is 67.8 Å². The Hall–Kier alpha value is -1.78. The highest BCUT2D eigenvalue weighted by atomic mass is 32.1. The number of hydrogen-bond donors (Lipinski definition) is 2. The molecule has 4 heteroatoms. The fourth-order valence-electron chi connectivity index (χ4n) is 1.99. The third kappa shape index (κ3) is 4.62. The average molecular weight is 314 g/mol. The first-order valence-corrected chi connectivity index (χ1v) is 7.74. The van der Waals surface area contributed by atoms with E-state index in [1.807, 2.05) is 60.7 Å². The molecule has 0 aromatic heterocycles. The summed E-state index contributed by atoms with van der Waals surface area (Å²) >= 11 is 11.0. The molecular formula is C17H18N2S2. The van der Waals surface area contributed by atoms with E-state index in [2.05, 4.69) is 17.6 Å². The highest BCUT2D eigenvalue weighted by molar-refractivity contribution is 7.82. The van der Waals surface area contributed by atoms with Gasteiger partial charge in [0.15, 0.2) is 0 Å². The van der Waals surface area contributed by atoms with Gasteiger partial charge in [-0.2, -0.15) is 0 Å². The monoisotopic (exact) mass is 314 g/mol. The molecule has 0 saturated carbocycles. The summed E-state index contributed by atoms with van der Waals surface area (Å²) in [6.45, 7) is 2.09. The predicted molar refractivity (Wildman–Crippen MR) is 99.1 cm³/mol. The Bertz CT molecular complexity index is 543. The van der Waals surface area contributed by atoms with E-state index in [9.17, 15) is 0 Å². The second kappa shape index (κ2) is 7.86. The van der Waals surface area contributed by atoms with Gasteiger partial charge in [0, 0.05) is 11.4 Å². The Morgan fingerprint density at radius 1 is 0.810 bits per heavy atom. The molecule has 0 amide bonds. The van der Waals surface area contributed by atoms with Gasteiger partial charge in [0.05, 0.1) is 15.9 Å². The van der Waals surface area contributed by atoms with Crippen LogP contribution < -0.4 is 10.6 Å². The minimum Gasteiger partial charge on any atom is -0.349 e. The number of rotatable bonds is 5. The average Bonchev–Trinajstić information content (AvgIpc) is 2.50. The first kappa shape index (κ1) is 15.6. The van der Waals surface area contributed by atoms with Gasteiger partial charge < -0.3 is 10.6 Å². The molecule has 0 unspecified atom stereocenters. The lowest BCUT2D eigenvalue weighted by Gasteiger charge is -2.20. The second-order valence-corrected chi connectivity index (χ2v) is 5.55. The van der Waals surface area contributed by atoms with Gasteiger partial charge in [0.25, 0.3) is 0 Å². The number of nitrogens with one attached hydrogen (secondary N) is 2. The molecular weight excluding hydrogens is 296 g/mol. The van der Waals surface area contributed by atoms with E-state index in [4.69, 9.17) is 24.4 Å². The molecule has 0 heterocycles. The highest BCUT2D eigenvalue weighted by Gasteiger charge is 2.18. The molecule has 2 rings (SSSR count). The third-order valence-corrected chi connectivity index (χ3v) is 3.90. The van der Waals surface area contributed by atoms with Crippen molar-refractivity contribution < 1.29 is 0 Å². The Kier molecular flexibility index (Phi) is 5.84. The van der Waals surface area contributed by atoms with Gasteiger partial charge >= 0.3 is 0 Å². The summed E-state index contributed by atoms with van der Waals surface area (Å²) in [4.78, 5) is 1.49. The smallest absolute Gasteiger partial charge is 0.0897 e. The van der Waals surface area contributed by atoms with Crippen molar-refractivity contribution in [1.29, 1.82) is 0 Å². The molecule has 2 aromatic rings. The lowest BCUT2D eigenvalue weighted by molar-refractivity contribution is 0.875. The molecule has 0 fully saturated rings. The molecule has 0 aliphatic heterocycles. The summed E-state index contributed by atoms with van der Waals surface area (Å²) in [5, 5.41) is 6.53. The molecule has 21 heavy (non-hydrogen) atoms. The first-order valence-electron chi connectivity index (χ1n) is 6.92. The third-order valence-electron chi connectivity index (χ3n) is 3.12. The Balaban J connectivity index is 2.01. The van der Waals surface area contributed by atoms with Gasteiger partial charge in [-0.25, -0.2) is 0 Å². The van der Waals surface area contributed by atoms with Crippen LogP contribution >= 0.6 is 24.4 Å². The minimum atomic E-state index is 0.0235. The van der Waals surface area contributed by atoms with Gasteiger partial charge in [-0.15, -0.1) is 0 Å². The molecule has 0 atom stereocenters. The Labute approximate surface area is 136 Å². The van der Waals surface area contributed by atoms with Crippen molar-refractivity contribution in [2.45, 2.75) is 13.3 Å². The van der Waals surface area contributed by atoms with Crippen LogP contribution in [0.15, 0.2) is 60.7 Å². The Morgan fingerprint density at radius 3 is 1.52 bits per heavy atom. The summed E-state index contributed by atoms with van der Waals surface area (Å²) in [5.41, 5.74) is 1.98. The maximum absolute atomic E-state index is 5.51. The molecule has 2 nitrogen and oxygen atoms in total. The van der Waals surface area contributed by atoms with Crippen molar-refractivity contribution in [3.8, 4) is 0 Å². The topological polar surface area (TPSA) is 24.1 Å². The first-order chi connectivity index (χ1) is 10.2. The van der Waals surface area contributed by atoms with Crippen LogP contribution in [0.5, 0.6) is 0 Å². The predicted octanol–water partition coefficient (Wildman–Crippen LogP) is 4.89. The molecule has 0 saturated heterocycles. The largest absolute Gasteiger partial charge is 0.349 e. The summed E-state index contributed by atoms with van der Waals surface area (Å²) in [7, 11) is 0. The maximum Gasteiger partial charge on any atom is 0.0897 e. The molecule has 0 aliphatic rings. The van der Waals surface area contributed by atoms with E-state index in [0.717, 1.165) is 27.8 Å². The van der Waals surface area contributed by atoms with Crippen LogP contribution in [0.25, 0.3) is 0 Å². The van der Waals surface area contributed by atoms with E-state index in [0.29, 0.717) is 0 Å². The van der Waals surface area contributed by atoms with Crippen molar-refractivity contribution in [3.05, 3.63) is 60.7 Å². The van der Waals surface area contributed by atoms with Gasteiger partial charge in [0.1, 0.15) is 0 Å². The lowest BCUT2D eigenvalue weighted by atomic mass is 10.1. The summed E-state index contributed by atoms with van der Waals surface area (Å²) in [5.74, 6) is 0.0235. The van der Waals surface area contributed by atoms with Crippen molar-refractivity contribution in [1.82, 2.24) is 0 Å². The van der Waals surface area contributed by atoms with Gasteiger partial charge in [-0.3, -0.25) is 0 Å². The zero-order valence-electron chi connectivity index (χ0n) is 11.9. The van der Waals surface area contributed by atoms with Crippen LogP contribution in [0, 0.1) is 5.92 Å². The zero-order valence-corrected chi connectivity index (χ0v) is 13.5. The minimum absolute atomic E-state index is 0.0235. The van der Waals surface area contributed by atoms with Crippen molar-refractivity contribution in [3.63, 3.8) is 0 Å². The fourth-order valence-corrected chi connectivity index (χ4v) is 2.87. The van der Waals surface area contributed by atoms with Crippen LogP contribution in [0.1, 0.15) is 13.3 Å². The molecule has 2 N–H and O–H groups in total. The van der Waals surface area contributed by atoms with Crippen LogP contribution in [0.3, 0.4) is 0 Å². The lowest BCUT2D eigenvalue weighted by Crippen LogP contribution is -2.30. The fraction of sp³-hybridized carbons (Fsp3) is 0.176. The van der Waals surface area contributed by atoms with Crippen molar-refractivity contribution in [2.75, 3.05) is 10.6 Å². The zero-order chi connectivity index (χ0) is 15.1. The summed E-state index contributed by atoms with van der Waals surface area (Å²) in [6, 6.07) is 19.8. The van der Waals surface area contributed by atoms with E-state index < -0.39 is 0 Å². The van der Waals surface area contributed by atoms with Crippen molar-refractivity contribution >= 4 is 45.8 Å². The van der Waals surface area contributed by atoms with Crippen molar-refractivity contribution in [2.24, 2.45) is 5.92 Å². The highest BCUT2D eigenvalue weighted by Crippen LogP contribution is 2.16. The SMILES string of the molecule is CCC(C(=S)Nc1ccccc1)C(=S)Nc1ccccc1. The number of anilines is 2. The van der Waals surface area contributed by atoms with E-state index in [1.54, 1.807) is 0 Å². The molecule has 0 spiro atoms. The van der Waals surface area contributed by atoms with E-state index in [-0.39, 0.29) is 5.92 Å². The molecule has 2 aromatic carbocycles. The number of hydrogen-bond acceptors (Lipinski definition) is 2.